The number of nitrogens with one attached hydrogen (secondary N) is 2. The molecular formula is C20H34N3O3S+. The van der Waals surface area contributed by atoms with E-state index in [0.29, 0.717) is 37.0 Å². The number of amides is 1. The molecule has 1 amide bonds. The van der Waals surface area contributed by atoms with Gasteiger partial charge in [-0.1, -0.05) is 26.0 Å². The van der Waals surface area contributed by atoms with Gasteiger partial charge < -0.3 is 10.2 Å². The first-order valence-electron chi connectivity index (χ1n) is 9.91. The quantitative estimate of drug-likeness (QED) is 0.722. The molecule has 0 aliphatic carbocycles. The predicted molar refractivity (Wildman–Crippen MR) is 107 cm³/mol. The molecule has 6 nitrogen and oxygen atoms in total. The molecule has 1 fully saturated rings. The Balaban J connectivity index is 2.01. The van der Waals surface area contributed by atoms with Crippen molar-refractivity contribution in [2.75, 3.05) is 26.2 Å². The lowest BCUT2D eigenvalue weighted by molar-refractivity contribution is -0.917. The zero-order chi connectivity index (χ0) is 20.2. The summed E-state index contributed by atoms with van der Waals surface area (Å²) in [5.41, 5.74) is 1.16. The Morgan fingerprint density at radius 3 is 2.15 bits per heavy atom. The predicted octanol–water partition coefficient (Wildman–Crippen LogP) is 1.00. The van der Waals surface area contributed by atoms with E-state index in [1.165, 1.54) is 0 Å². The highest BCUT2D eigenvalue weighted by Gasteiger charge is 2.34. The molecule has 2 N–H and O–H groups in total. The zero-order valence-corrected chi connectivity index (χ0v) is 18.0. The van der Waals surface area contributed by atoms with E-state index in [4.69, 9.17) is 0 Å². The van der Waals surface area contributed by atoms with Gasteiger partial charge in [-0.25, -0.2) is 8.42 Å². The summed E-state index contributed by atoms with van der Waals surface area (Å²) in [7, 11) is -3.48. The summed E-state index contributed by atoms with van der Waals surface area (Å²) in [5, 5.41) is 2.93. The van der Waals surface area contributed by atoms with E-state index in [9.17, 15) is 13.2 Å². The Morgan fingerprint density at radius 1 is 1.11 bits per heavy atom. The van der Waals surface area contributed by atoms with Crippen LogP contribution in [-0.2, 0) is 14.8 Å². The summed E-state index contributed by atoms with van der Waals surface area (Å²) in [6, 6.07) is 7.21. The summed E-state index contributed by atoms with van der Waals surface area (Å²) >= 11 is 0. The van der Waals surface area contributed by atoms with Crippen molar-refractivity contribution in [2.24, 2.45) is 0 Å². The van der Waals surface area contributed by atoms with Gasteiger partial charge in [-0.15, -0.1) is 0 Å². The van der Waals surface area contributed by atoms with E-state index in [1.54, 1.807) is 16.4 Å². The fourth-order valence-corrected chi connectivity index (χ4v) is 4.84. The number of hydrogen-bond donors (Lipinski definition) is 2. The van der Waals surface area contributed by atoms with Crippen LogP contribution in [0.15, 0.2) is 29.2 Å². The van der Waals surface area contributed by atoms with Gasteiger partial charge in [-0.2, -0.15) is 4.31 Å². The van der Waals surface area contributed by atoms with Crippen molar-refractivity contribution in [3.8, 4) is 0 Å². The largest absolute Gasteiger partial charge is 0.349 e. The summed E-state index contributed by atoms with van der Waals surface area (Å²) < 4.78 is 27.4. The fourth-order valence-electron chi connectivity index (χ4n) is 3.39. The number of quaternary nitrogens is 1. The van der Waals surface area contributed by atoms with E-state index < -0.39 is 10.0 Å². The van der Waals surface area contributed by atoms with Crippen molar-refractivity contribution < 1.29 is 18.1 Å². The van der Waals surface area contributed by atoms with Crippen LogP contribution < -0.4 is 10.2 Å². The standard InChI is InChI=1S/C20H33N3O3S/c1-6-16(4)18-7-9-19(10-8-18)27(25,26)23-13-11-22(12-14-23)17(5)20(24)21-15(2)3/h7-10,15-17H,6,11-14H2,1-5H3,(H,21,24)/p+1/t16-,17+/m1/s1. The smallest absolute Gasteiger partial charge is 0.278 e. The third-order valence-corrected chi connectivity index (χ3v) is 7.41. The van der Waals surface area contributed by atoms with Gasteiger partial charge >= 0.3 is 0 Å². The number of benzene rings is 1. The Bertz CT molecular complexity index is 723. The van der Waals surface area contributed by atoms with Gasteiger partial charge in [0, 0.05) is 6.04 Å². The van der Waals surface area contributed by atoms with E-state index in [1.807, 2.05) is 32.9 Å². The molecule has 1 aromatic carbocycles. The summed E-state index contributed by atoms with van der Waals surface area (Å²) in [4.78, 5) is 13.7. The van der Waals surface area contributed by atoms with Crippen molar-refractivity contribution in [2.45, 2.75) is 63.9 Å². The van der Waals surface area contributed by atoms with Crippen LogP contribution in [-0.4, -0.2) is 56.9 Å². The maximum atomic E-state index is 12.9. The zero-order valence-electron chi connectivity index (χ0n) is 17.2. The molecule has 152 valence electrons. The van der Waals surface area contributed by atoms with Crippen molar-refractivity contribution in [1.82, 2.24) is 9.62 Å². The third-order valence-electron chi connectivity index (χ3n) is 5.50. The first-order chi connectivity index (χ1) is 12.7. The molecule has 1 aliphatic heterocycles. The average Bonchev–Trinajstić information content (AvgIpc) is 2.66. The van der Waals surface area contributed by atoms with Crippen molar-refractivity contribution >= 4 is 15.9 Å². The van der Waals surface area contributed by atoms with Gasteiger partial charge in [0.1, 0.15) is 0 Å². The highest BCUT2D eigenvalue weighted by Crippen LogP contribution is 2.22. The second-order valence-corrected chi connectivity index (χ2v) is 9.76. The molecule has 2 rings (SSSR count). The summed E-state index contributed by atoms with van der Waals surface area (Å²) in [5.74, 6) is 0.448. The molecule has 2 atom stereocenters. The van der Waals surface area contributed by atoms with Crippen LogP contribution in [0.2, 0.25) is 0 Å². The number of piperazine rings is 1. The molecular weight excluding hydrogens is 362 g/mol. The van der Waals surface area contributed by atoms with E-state index in [0.717, 1.165) is 16.9 Å². The van der Waals surface area contributed by atoms with Gasteiger partial charge in [0.05, 0.1) is 31.1 Å². The number of sulfonamides is 1. The molecule has 0 radical (unpaired) electrons. The van der Waals surface area contributed by atoms with Crippen molar-refractivity contribution in [3.05, 3.63) is 29.8 Å². The molecule has 0 aromatic heterocycles. The molecule has 1 heterocycles. The van der Waals surface area contributed by atoms with Gasteiger partial charge in [0.15, 0.2) is 6.04 Å². The molecule has 7 heteroatoms. The number of carbonyl (C=O) groups is 1. The number of rotatable bonds is 7. The SMILES string of the molecule is CC[C@@H](C)c1ccc(S(=O)(=O)N2CC[NH+]([C@@H](C)C(=O)NC(C)C)CC2)cc1. The Morgan fingerprint density at radius 2 is 1.67 bits per heavy atom. The Hall–Kier alpha value is -1.44. The van der Waals surface area contributed by atoms with Gasteiger partial charge in [0.2, 0.25) is 10.0 Å². The van der Waals surface area contributed by atoms with Crippen LogP contribution in [0.5, 0.6) is 0 Å². The number of nitrogens with zero attached hydrogens (tertiary/aromatic N) is 1. The minimum Gasteiger partial charge on any atom is -0.349 e. The highest BCUT2D eigenvalue weighted by molar-refractivity contribution is 7.89. The molecule has 0 bridgehead atoms. The van der Waals surface area contributed by atoms with Crippen LogP contribution >= 0.6 is 0 Å². The normalized spacial score (nSPS) is 19.0. The molecule has 0 spiro atoms. The molecule has 1 saturated heterocycles. The third kappa shape index (κ3) is 5.30. The lowest BCUT2D eigenvalue weighted by atomic mass is 9.99. The lowest BCUT2D eigenvalue weighted by Gasteiger charge is -2.34. The van der Waals surface area contributed by atoms with Gasteiger partial charge in [0.25, 0.3) is 5.91 Å². The van der Waals surface area contributed by atoms with Gasteiger partial charge in [-0.05, 0) is 50.8 Å². The van der Waals surface area contributed by atoms with Crippen LogP contribution in [0.1, 0.15) is 52.5 Å². The molecule has 27 heavy (non-hydrogen) atoms. The minimum absolute atomic E-state index is 0.0249. The number of hydrogen-bond acceptors (Lipinski definition) is 3. The molecule has 1 aliphatic rings. The molecule has 0 unspecified atom stereocenters. The summed E-state index contributed by atoms with van der Waals surface area (Å²) in [6.45, 7) is 12.2. The van der Waals surface area contributed by atoms with Gasteiger partial charge in [-0.3, -0.25) is 4.79 Å². The van der Waals surface area contributed by atoms with E-state index >= 15 is 0 Å². The van der Waals surface area contributed by atoms with Crippen molar-refractivity contribution in [3.63, 3.8) is 0 Å². The first-order valence-corrected chi connectivity index (χ1v) is 11.4. The highest BCUT2D eigenvalue weighted by atomic mass is 32.2. The molecule has 0 saturated carbocycles. The lowest BCUT2D eigenvalue weighted by Crippen LogP contribution is -3.19. The first kappa shape index (κ1) is 21.9. The van der Waals surface area contributed by atoms with Crippen LogP contribution in [0.4, 0.5) is 0 Å². The monoisotopic (exact) mass is 396 g/mol. The minimum atomic E-state index is -3.48. The van der Waals surface area contributed by atoms with Crippen LogP contribution in [0.3, 0.4) is 0 Å². The average molecular weight is 397 g/mol. The summed E-state index contributed by atoms with van der Waals surface area (Å²) in [6.07, 6.45) is 1.03. The number of carbonyl (C=O) groups excluding carboxylic acids is 1. The second kappa shape index (κ2) is 9.17. The maximum absolute atomic E-state index is 12.9. The Labute approximate surface area is 164 Å². The molecule has 1 aromatic rings. The maximum Gasteiger partial charge on any atom is 0.278 e. The van der Waals surface area contributed by atoms with Crippen LogP contribution in [0.25, 0.3) is 0 Å². The van der Waals surface area contributed by atoms with Crippen LogP contribution in [0, 0.1) is 0 Å². The van der Waals surface area contributed by atoms with E-state index in [2.05, 4.69) is 19.2 Å². The Kier molecular flexibility index (Phi) is 7.42. The topological polar surface area (TPSA) is 70.9 Å². The second-order valence-electron chi connectivity index (χ2n) is 7.83. The van der Waals surface area contributed by atoms with Crippen molar-refractivity contribution in [1.29, 1.82) is 0 Å². The fraction of sp³-hybridized carbons (Fsp3) is 0.650. The van der Waals surface area contributed by atoms with E-state index in [-0.39, 0.29) is 18.0 Å².